The highest BCUT2D eigenvalue weighted by Gasteiger charge is 2.23. The number of benzene rings is 2. The molecular formula is C19H20ClFN2O. The van der Waals surface area contributed by atoms with Crippen molar-refractivity contribution in [3.05, 3.63) is 58.9 Å². The molecule has 0 aromatic heterocycles. The van der Waals surface area contributed by atoms with Crippen LogP contribution in [0.3, 0.4) is 0 Å². The summed E-state index contributed by atoms with van der Waals surface area (Å²) in [6.07, 6.45) is 0.998. The molecule has 2 aromatic rings. The summed E-state index contributed by atoms with van der Waals surface area (Å²) in [5, 5.41) is 3.49. The summed E-state index contributed by atoms with van der Waals surface area (Å²) in [5.74, 6) is -0.413. The van der Waals surface area contributed by atoms with Crippen LogP contribution in [0.15, 0.2) is 42.5 Å². The molecule has 1 atom stereocenters. The molecule has 1 aliphatic rings. The van der Waals surface area contributed by atoms with Gasteiger partial charge in [0.15, 0.2) is 0 Å². The van der Waals surface area contributed by atoms with Crippen molar-refractivity contribution < 1.29 is 9.18 Å². The van der Waals surface area contributed by atoms with Crippen molar-refractivity contribution in [3.63, 3.8) is 0 Å². The van der Waals surface area contributed by atoms with Gasteiger partial charge in [-0.05, 0) is 41.8 Å². The number of nitrogens with one attached hydrogen (secondary N) is 1. The maximum absolute atomic E-state index is 13.3. The first-order chi connectivity index (χ1) is 11.6. The van der Waals surface area contributed by atoms with Crippen LogP contribution in [0.4, 0.5) is 4.39 Å². The zero-order valence-electron chi connectivity index (χ0n) is 13.6. The van der Waals surface area contributed by atoms with Crippen molar-refractivity contribution in [1.82, 2.24) is 10.2 Å². The van der Waals surface area contributed by atoms with E-state index in [1.165, 1.54) is 6.07 Å². The highest BCUT2D eigenvalue weighted by atomic mass is 35.5. The van der Waals surface area contributed by atoms with Crippen LogP contribution in [0.2, 0.25) is 5.02 Å². The number of hydrogen-bond acceptors (Lipinski definition) is 2. The molecule has 3 nitrogen and oxygen atoms in total. The first-order valence-electron chi connectivity index (χ1n) is 8.16. The number of carbonyl (C=O) groups is 1. The maximum atomic E-state index is 13.3. The van der Waals surface area contributed by atoms with Crippen LogP contribution < -0.4 is 5.32 Å². The molecule has 1 aliphatic heterocycles. The van der Waals surface area contributed by atoms with Gasteiger partial charge in [0.1, 0.15) is 5.82 Å². The van der Waals surface area contributed by atoms with Gasteiger partial charge in [0.05, 0.1) is 5.02 Å². The van der Waals surface area contributed by atoms with Gasteiger partial charge in [-0.3, -0.25) is 4.79 Å². The number of rotatable bonds is 3. The fraction of sp³-hybridized carbons (Fsp3) is 0.316. The molecule has 5 heteroatoms. The molecule has 1 heterocycles. The Hall–Kier alpha value is -1.91. The SMILES string of the molecule is CC[C@H]1CN(C(=O)c2cccc(-c3ccc(F)c(Cl)c3)c2)CCN1. The Kier molecular flexibility index (Phi) is 5.17. The molecule has 126 valence electrons. The molecule has 0 spiro atoms. The smallest absolute Gasteiger partial charge is 0.253 e. The Morgan fingerprint density at radius 3 is 2.83 bits per heavy atom. The summed E-state index contributed by atoms with van der Waals surface area (Å²) < 4.78 is 13.3. The summed E-state index contributed by atoms with van der Waals surface area (Å²) in [5.41, 5.74) is 2.29. The van der Waals surface area contributed by atoms with Crippen molar-refractivity contribution >= 4 is 17.5 Å². The van der Waals surface area contributed by atoms with E-state index in [1.54, 1.807) is 12.1 Å². The summed E-state index contributed by atoms with van der Waals surface area (Å²) in [4.78, 5) is 14.7. The van der Waals surface area contributed by atoms with Crippen LogP contribution in [0.5, 0.6) is 0 Å². The molecule has 24 heavy (non-hydrogen) atoms. The van der Waals surface area contributed by atoms with Gasteiger partial charge in [-0.15, -0.1) is 0 Å². The van der Waals surface area contributed by atoms with Crippen LogP contribution in [0.1, 0.15) is 23.7 Å². The summed E-state index contributed by atoms with van der Waals surface area (Å²) >= 11 is 5.86. The highest BCUT2D eigenvalue weighted by molar-refractivity contribution is 6.31. The fourth-order valence-corrected chi connectivity index (χ4v) is 3.15. The van der Waals surface area contributed by atoms with Crippen LogP contribution in [-0.2, 0) is 0 Å². The Bertz CT molecular complexity index is 750. The standard InChI is InChI=1S/C19H20ClFN2O/c1-2-16-12-23(9-8-22-16)19(24)15-5-3-4-13(10-15)14-6-7-18(21)17(20)11-14/h3-7,10-11,16,22H,2,8-9,12H2,1H3/t16-/m0/s1. The zero-order chi connectivity index (χ0) is 17.1. The molecule has 1 amide bonds. The molecule has 2 aromatic carbocycles. The van der Waals surface area contributed by atoms with E-state index in [4.69, 9.17) is 11.6 Å². The minimum atomic E-state index is -0.445. The first-order valence-corrected chi connectivity index (χ1v) is 8.54. The third-order valence-corrected chi connectivity index (χ3v) is 4.69. The minimum absolute atomic E-state index is 0.0324. The number of piperazine rings is 1. The quantitative estimate of drug-likeness (QED) is 0.912. The predicted molar refractivity (Wildman–Crippen MR) is 94.8 cm³/mol. The molecular weight excluding hydrogens is 327 g/mol. The van der Waals surface area contributed by atoms with E-state index >= 15 is 0 Å². The van der Waals surface area contributed by atoms with E-state index in [1.807, 2.05) is 29.2 Å². The van der Waals surface area contributed by atoms with E-state index in [2.05, 4.69) is 12.2 Å². The number of carbonyl (C=O) groups excluding carboxylic acids is 1. The van der Waals surface area contributed by atoms with Crippen LogP contribution in [0, 0.1) is 5.82 Å². The van der Waals surface area contributed by atoms with Crippen molar-refractivity contribution in [2.45, 2.75) is 19.4 Å². The molecule has 0 aliphatic carbocycles. The van der Waals surface area contributed by atoms with Gasteiger partial charge in [-0.2, -0.15) is 0 Å². The van der Waals surface area contributed by atoms with Gasteiger partial charge in [-0.1, -0.05) is 36.7 Å². The summed E-state index contributed by atoms with van der Waals surface area (Å²) in [7, 11) is 0. The zero-order valence-corrected chi connectivity index (χ0v) is 14.3. The van der Waals surface area contributed by atoms with Crippen LogP contribution >= 0.6 is 11.6 Å². The average Bonchev–Trinajstić information content (AvgIpc) is 2.63. The van der Waals surface area contributed by atoms with E-state index < -0.39 is 5.82 Å². The normalized spacial score (nSPS) is 17.8. The van der Waals surface area contributed by atoms with Gasteiger partial charge in [-0.25, -0.2) is 4.39 Å². The molecule has 0 bridgehead atoms. The largest absolute Gasteiger partial charge is 0.336 e. The van der Waals surface area contributed by atoms with Crippen LogP contribution in [-0.4, -0.2) is 36.5 Å². The van der Waals surface area contributed by atoms with Crippen molar-refractivity contribution in [3.8, 4) is 11.1 Å². The lowest BCUT2D eigenvalue weighted by Crippen LogP contribution is -2.52. The second-order valence-corrected chi connectivity index (χ2v) is 6.43. The van der Waals surface area contributed by atoms with Crippen molar-refractivity contribution in [2.24, 2.45) is 0 Å². The lowest BCUT2D eigenvalue weighted by Gasteiger charge is -2.33. The van der Waals surface area contributed by atoms with E-state index in [0.29, 0.717) is 18.2 Å². The Morgan fingerprint density at radius 2 is 2.08 bits per heavy atom. The maximum Gasteiger partial charge on any atom is 0.253 e. The van der Waals surface area contributed by atoms with E-state index in [-0.39, 0.29) is 10.9 Å². The Morgan fingerprint density at radius 1 is 1.29 bits per heavy atom. The number of hydrogen-bond donors (Lipinski definition) is 1. The molecule has 0 saturated carbocycles. The summed E-state index contributed by atoms with van der Waals surface area (Å²) in [6, 6.07) is 12.3. The fourth-order valence-electron chi connectivity index (χ4n) is 2.97. The third kappa shape index (κ3) is 3.60. The van der Waals surface area contributed by atoms with Gasteiger partial charge < -0.3 is 10.2 Å². The number of amides is 1. The van der Waals surface area contributed by atoms with Gasteiger partial charge in [0.25, 0.3) is 5.91 Å². The molecule has 0 radical (unpaired) electrons. The van der Waals surface area contributed by atoms with E-state index in [0.717, 1.165) is 30.6 Å². The molecule has 1 N–H and O–H groups in total. The second kappa shape index (κ2) is 7.32. The molecule has 1 fully saturated rings. The second-order valence-electron chi connectivity index (χ2n) is 6.02. The van der Waals surface area contributed by atoms with Crippen molar-refractivity contribution in [1.29, 1.82) is 0 Å². The highest BCUT2D eigenvalue weighted by Crippen LogP contribution is 2.26. The topological polar surface area (TPSA) is 32.3 Å². The number of halogens is 2. The van der Waals surface area contributed by atoms with Gasteiger partial charge >= 0.3 is 0 Å². The van der Waals surface area contributed by atoms with Gasteiger partial charge in [0, 0.05) is 31.2 Å². The summed E-state index contributed by atoms with van der Waals surface area (Å²) in [6.45, 7) is 4.37. The number of nitrogens with zero attached hydrogens (tertiary/aromatic N) is 1. The van der Waals surface area contributed by atoms with Crippen LogP contribution in [0.25, 0.3) is 11.1 Å². The third-order valence-electron chi connectivity index (χ3n) is 4.40. The lowest BCUT2D eigenvalue weighted by molar-refractivity contribution is 0.0701. The van der Waals surface area contributed by atoms with E-state index in [9.17, 15) is 9.18 Å². The minimum Gasteiger partial charge on any atom is -0.336 e. The monoisotopic (exact) mass is 346 g/mol. The predicted octanol–water partition coefficient (Wildman–Crippen LogP) is 3.97. The average molecular weight is 347 g/mol. The van der Waals surface area contributed by atoms with Gasteiger partial charge in [0.2, 0.25) is 0 Å². The first kappa shape index (κ1) is 16.9. The molecule has 1 saturated heterocycles. The Balaban J connectivity index is 1.84. The Labute approximate surface area is 146 Å². The lowest BCUT2D eigenvalue weighted by atomic mass is 10.0. The van der Waals surface area contributed by atoms with Crippen molar-refractivity contribution in [2.75, 3.05) is 19.6 Å². The molecule has 3 rings (SSSR count). The molecule has 0 unspecified atom stereocenters.